The molecule has 7 heteroatoms. The number of fused-ring (bicyclic) bond motifs is 2. The normalized spacial score (nSPS) is 27.7. The fraction of sp³-hybridized carbons (Fsp3) is 0.458. The van der Waals surface area contributed by atoms with E-state index in [0.717, 1.165) is 30.8 Å². The number of ketones is 2. The number of amidine groups is 1. The Hall–Kier alpha value is -2.77. The molecule has 3 heterocycles. The molecule has 0 saturated carbocycles. The minimum atomic E-state index is -0.842. The molecule has 4 aliphatic rings. The number of allylic oxidation sites excluding steroid dienone is 2. The van der Waals surface area contributed by atoms with Gasteiger partial charge >= 0.3 is 0 Å². The minimum Gasteiger partial charge on any atom is -0.379 e. The number of aliphatic imine (C=N–C) groups is 3. The number of carbonyl (C=O) groups excluding carboxylic acids is 2. The van der Waals surface area contributed by atoms with Crippen LogP contribution in [0.5, 0.6) is 0 Å². The Morgan fingerprint density at radius 3 is 2.58 bits per heavy atom. The van der Waals surface area contributed by atoms with Gasteiger partial charge in [-0.15, -0.1) is 0 Å². The van der Waals surface area contributed by atoms with Gasteiger partial charge in [-0.3, -0.25) is 19.5 Å². The van der Waals surface area contributed by atoms with Gasteiger partial charge in [0.1, 0.15) is 16.9 Å². The van der Waals surface area contributed by atoms with Crippen molar-refractivity contribution in [3.63, 3.8) is 0 Å². The van der Waals surface area contributed by atoms with E-state index in [2.05, 4.69) is 19.9 Å². The lowest BCUT2D eigenvalue weighted by molar-refractivity contribution is -0.131. The average Bonchev–Trinajstić information content (AvgIpc) is 3.23. The molecular formula is C24H26N4O3. The number of carbonyl (C=O) groups is 2. The molecule has 1 aromatic rings. The van der Waals surface area contributed by atoms with Gasteiger partial charge in [-0.1, -0.05) is 30.3 Å². The molecule has 0 radical (unpaired) electrons. The van der Waals surface area contributed by atoms with Crippen LogP contribution in [-0.2, 0) is 14.3 Å². The van der Waals surface area contributed by atoms with Gasteiger partial charge in [0, 0.05) is 36.4 Å². The first kappa shape index (κ1) is 20.2. The van der Waals surface area contributed by atoms with Crippen molar-refractivity contribution in [1.29, 1.82) is 0 Å². The summed E-state index contributed by atoms with van der Waals surface area (Å²) >= 11 is 0. The van der Waals surface area contributed by atoms with E-state index >= 15 is 0 Å². The predicted molar refractivity (Wildman–Crippen MR) is 119 cm³/mol. The van der Waals surface area contributed by atoms with Gasteiger partial charge in [-0.05, 0) is 26.8 Å². The molecule has 0 spiro atoms. The smallest absolute Gasteiger partial charge is 0.187 e. The summed E-state index contributed by atoms with van der Waals surface area (Å²) in [6, 6.07) is 9.61. The molecule has 0 amide bonds. The molecule has 0 N–H and O–H groups in total. The zero-order valence-corrected chi connectivity index (χ0v) is 17.9. The summed E-state index contributed by atoms with van der Waals surface area (Å²) in [6.45, 7) is 7.49. The van der Waals surface area contributed by atoms with Crippen molar-refractivity contribution < 1.29 is 14.3 Å². The van der Waals surface area contributed by atoms with Crippen LogP contribution in [0, 0.1) is 11.8 Å². The summed E-state index contributed by atoms with van der Waals surface area (Å²) in [5.74, 6) is -0.533. The molecule has 3 aliphatic heterocycles. The van der Waals surface area contributed by atoms with E-state index in [-0.39, 0.29) is 11.6 Å². The highest BCUT2D eigenvalue weighted by Gasteiger charge is 2.51. The van der Waals surface area contributed by atoms with E-state index in [4.69, 9.17) is 4.74 Å². The quantitative estimate of drug-likeness (QED) is 0.750. The van der Waals surface area contributed by atoms with Gasteiger partial charge in [-0.25, -0.2) is 9.98 Å². The Morgan fingerprint density at radius 1 is 1.10 bits per heavy atom. The summed E-state index contributed by atoms with van der Waals surface area (Å²) < 4.78 is 5.43. The van der Waals surface area contributed by atoms with Crippen molar-refractivity contribution in [2.45, 2.75) is 25.8 Å². The van der Waals surface area contributed by atoms with Crippen molar-refractivity contribution >= 4 is 29.3 Å². The number of ether oxygens (including phenoxy) is 1. The van der Waals surface area contributed by atoms with Crippen LogP contribution in [0.3, 0.4) is 0 Å². The molecule has 160 valence electrons. The number of rotatable bonds is 4. The van der Waals surface area contributed by atoms with Gasteiger partial charge in [0.05, 0.1) is 19.1 Å². The van der Waals surface area contributed by atoms with Gasteiger partial charge in [-0.2, -0.15) is 0 Å². The molecule has 1 aliphatic carbocycles. The Balaban J connectivity index is 1.53. The highest BCUT2D eigenvalue weighted by atomic mass is 16.5. The van der Waals surface area contributed by atoms with E-state index in [9.17, 15) is 9.59 Å². The van der Waals surface area contributed by atoms with Crippen LogP contribution >= 0.6 is 0 Å². The number of hydrogen-bond donors (Lipinski definition) is 0. The Kier molecular flexibility index (Phi) is 5.02. The monoisotopic (exact) mass is 418 g/mol. The largest absolute Gasteiger partial charge is 0.379 e. The lowest BCUT2D eigenvalue weighted by Crippen LogP contribution is -2.50. The fourth-order valence-corrected chi connectivity index (χ4v) is 4.71. The second-order valence-corrected chi connectivity index (χ2v) is 8.94. The van der Waals surface area contributed by atoms with Crippen LogP contribution < -0.4 is 0 Å². The molecule has 0 aromatic heterocycles. The summed E-state index contributed by atoms with van der Waals surface area (Å²) in [5, 5.41) is 0. The zero-order chi connectivity index (χ0) is 21.6. The number of benzene rings is 1. The lowest BCUT2D eigenvalue weighted by atomic mass is 9.67. The second-order valence-electron chi connectivity index (χ2n) is 8.94. The minimum absolute atomic E-state index is 0.0137. The van der Waals surface area contributed by atoms with E-state index in [1.807, 2.05) is 44.2 Å². The molecule has 1 aromatic carbocycles. The number of morpholine rings is 1. The molecule has 5 rings (SSSR count). The maximum absolute atomic E-state index is 13.6. The molecule has 2 atom stereocenters. The van der Waals surface area contributed by atoms with Gasteiger partial charge in [0.2, 0.25) is 0 Å². The second kappa shape index (κ2) is 7.73. The maximum atomic E-state index is 13.6. The fourth-order valence-electron chi connectivity index (χ4n) is 4.71. The van der Waals surface area contributed by atoms with Gasteiger partial charge in [0.15, 0.2) is 17.4 Å². The third-order valence-corrected chi connectivity index (χ3v) is 6.54. The van der Waals surface area contributed by atoms with Crippen LogP contribution in [0.25, 0.3) is 0 Å². The highest BCUT2D eigenvalue weighted by molar-refractivity contribution is 6.52. The van der Waals surface area contributed by atoms with E-state index in [1.165, 1.54) is 0 Å². The van der Waals surface area contributed by atoms with E-state index in [0.29, 0.717) is 36.9 Å². The summed E-state index contributed by atoms with van der Waals surface area (Å²) in [6.07, 6.45) is 2.36. The van der Waals surface area contributed by atoms with Crippen LogP contribution in [0.2, 0.25) is 0 Å². The molecule has 7 nitrogen and oxygen atoms in total. The van der Waals surface area contributed by atoms with Crippen LogP contribution in [0.1, 0.15) is 25.8 Å². The van der Waals surface area contributed by atoms with E-state index in [1.54, 1.807) is 6.21 Å². The zero-order valence-electron chi connectivity index (χ0n) is 17.9. The Morgan fingerprint density at radius 2 is 1.84 bits per heavy atom. The van der Waals surface area contributed by atoms with E-state index < -0.39 is 17.4 Å². The van der Waals surface area contributed by atoms with Crippen molar-refractivity contribution in [3.05, 3.63) is 47.2 Å². The number of nitrogens with zero attached hydrogens (tertiary/aromatic N) is 4. The van der Waals surface area contributed by atoms with Gasteiger partial charge < -0.3 is 4.74 Å². The summed E-state index contributed by atoms with van der Waals surface area (Å²) in [4.78, 5) is 43.1. The molecule has 2 unspecified atom stereocenters. The molecular weight excluding hydrogens is 392 g/mol. The summed E-state index contributed by atoms with van der Waals surface area (Å²) in [7, 11) is 0. The van der Waals surface area contributed by atoms with Crippen molar-refractivity contribution in [2.75, 3.05) is 32.8 Å². The first-order valence-electron chi connectivity index (χ1n) is 10.9. The van der Waals surface area contributed by atoms with Crippen molar-refractivity contribution in [3.8, 4) is 0 Å². The SMILES string of the molecule is CC1(C)N=CC2=C3N=C(c4ccccc4)N=C3C(=O)C(CCN3CCOCC3)C2C1=O. The summed E-state index contributed by atoms with van der Waals surface area (Å²) in [5.41, 5.74) is 1.64. The first-order chi connectivity index (χ1) is 15.0. The Bertz CT molecular complexity index is 1050. The topological polar surface area (TPSA) is 83.7 Å². The third kappa shape index (κ3) is 3.51. The maximum Gasteiger partial charge on any atom is 0.187 e. The van der Waals surface area contributed by atoms with Crippen LogP contribution in [0.4, 0.5) is 0 Å². The number of Topliss-reactive ketones (excluding diaryl/α,β-unsaturated/α-hetero) is 2. The first-order valence-corrected chi connectivity index (χ1v) is 10.9. The number of hydrogen-bond acceptors (Lipinski definition) is 7. The lowest BCUT2D eigenvalue weighted by Gasteiger charge is -2.38. The molecule has 1 fully saturated rings. The molecule has 31 heavy (non-hydrogen) atoms. The standard InChI is InChI=1S/C24H26N4O3/c1-24(2)22(30)18-16(8-9-28-10-12-31-13-11-28)21(29)20-19(17(18)14-25-24)26-23(27-20)15-6-4-3-5-7-15/h3-7,14,16,18H,8-13H2,1-2H3. The van der Waals surface area contributed by atoms with Crippen molar-refractivity contribution in [2.24, 2.45) is 26.8 Å². The van der Waals surface area contributed by atoms with Crippen LogP contribution in [0.15, 0.2) is 56.6 Å². The third-order valence-electron chi connectivity index (χ3n) is 6.54. The van der Waals surface area contributed by atoms with Gasteiger partial charge in [0.25, 0.3) is 0 Å². The van der Waals surface area contributed by atoms with Crippen LogP contribution in [-0.4, -0.2) is 72.6 Å². The highest BCUT2D eigenvalue weighted by Crippen LogP contribution is 2.41. The average molecular weight is 418 g/mol. The Labute approximate surface area is 181 Å². The predicted octanol–water partition coefficient (Wildman–Crippen LogP) is 2.11. The molecule has 0 bridgehead atoms. The molecule has 1 saturated heterocycles. The van der Waals surface area contributed by atoms with Crippen molar-refractivity contribution in [1.82, 2.24) is 4.90 Å².